The Morgan fingerprint density at radius 2 is 2.25 bits per heavy atom. The van der Waals surface area contributed by atoms with Crippen LogP contribution in [0.5, 0.6) is 0 Å². The van der Waals surface area contributed by atoms with Crippen molar-refractivity contribution in [3.05, 3.63) is 54.1 Å². The van der Waals surface area contributed by atoms with Crippen molar-refractivity contribution in [2.75, 3.05) is 32.9 Å². The number of imidazole rings is 1. The Morgan fingerprint density at radius 1 is 1.36 bits per heavy atom. The minimum Gasteiger partial charge on any atom is -0.396 e. The zero-order valence-electron chi connectivity index (χ0n) is 16.6. The number of nitrogens with zero attached hydrogens (tertiary/aromatic N) is 3. The molecule has 7 nitrogen and oxygen atoms in total. The average Bonchev–Trinajstić information content (AvgIpc) is 3.37. The highest BCUT2D eigenvalue weighted by Gasteiger charge is 2.34. The summed E-state index contributed by atoms with van der Waals surface area (Å²) in [7, 11) is 0. The van der Waals surface area contributed by atoms with Crippen LogP contribution in [-0.4, -0.2) is 53.5 Å². The van der Waals surface area contributed by atoms with Gasteiger partial charge in [0.05, 0.1) is 19.5 Å². The standard InChI is InChI=1S/C21H31N5O2/c1-2-23-20(25-15-21(6-10-27)7-11-28-16-21)24-13-18-4-3-5-19(12-18)14-26-9-8-22-17-26/h3-5,8-9,12,17,27H,2,6-7,10-11,13-16H2,1H3,(H2,23,24,25). The normalized spacial score (nSPS) is 19.7. The molecule has 1 saturated heterocycles. The molecule has 7 heteroatoms. The third-order valence-corrected chi connectivity index (χ3v) is 5.14. The van der Waals surface area contributed by atoms with Crippen LogP contribution in [0.25, 0.3) is 0 Å². The fraction of sp³-hybridized carbons (Fsp3) is 0.524. The molecule has 1 aliphatic heterocycles. The van der Waals surface area contributed by atoms with Gasteiger partial charge in [-0.25, -0.2) is 9.98 Å². The molecule has 0 spiro atoms. The van der Waals surface area contributed by atoms with Gasteiger partial charge in [0.15, 0.2) is 5.96 Å². The zero-order chi connectivity index (χ0) is 19.7. The second-order valence-corrected chi connectivity index (χ2v) is 7.38. The van der Waals surface area contributed by atoms with Gasteiger partial charge in [-0.15, -0.1) is 0 Å². The molecule has 3 N–H and O–H groups in total. The summed E-state index contributed by atoms with van der Waals surface area (Å²) >= 11 is 0. The van der Waals surface area contributed by atoms with Crippen LogP contribution in [0.2, 0.25) is 0 Å². The molecule has 0 amide bonds. The van der Waals surface area contributed by atoms with Gasteiger partial charge in [-0.3, -0.25) is 0 Å². The van der Waals surface area contributed by atoms with Gasteiger partial charge in [-0.05, 0) is 30.9 Å². The number of guanidine groups is 1. The monoisotopic (exact) mass is 385 g/mol. The SMILES string of the molecule is CCNC(=NCc1cccc(Cn2ccnc2)c1)NCC1(CCO)CCOC1. The molecule has 1 unspecified atom stereocenters. The number of ether oxygens (including phenoxy) is 1. The van der Waals surface area contributed by atoms with E-state index < -0.39 is 0 Å². The molecule has 0 bridgehead atoms. The number of hydrogen-bond acceptors (Lipinski definition) is 4. The van der Waals surface area contributed by atoms with Gasteiger partial charge >= 0.3 is 0 Å². The minimum absolute atomic E-state index is 0.00431. The van der Waals surface area contributed by atoms with Gasteiger partial charge in [-0.1, -0.05) is 24.3 Å². The van der Waals surface area contributed by atoms with E-state index in [0.29, 0.717) is 13.2 Å². The van der Waals surface area contributed by atoms with Crippen LogP contribution in [0.4, 0.5) is 0 Å². The average molecular weight is 386 g/mol. The summed E-state index contributed by atoms with van der Waals surface area (Å²) in [6, 6.07) is 8.48. The van der Waals surface area contributed by atoms with Crippen molar-refractivity contribution in [2.45, 2.75) is 32.9 Å². The fourth-order valence-electron chi connectivity index (χ4n) is 3.51. The first kappa shape index (κ1) is 20.4. The molecule has 0 saturated carbocycles. The van der Waals surface area contributed by atoms with Crippen molar-refractivity contribution in [1.29, 1.82) is 0 Å². The van der Waals surface area contributed by atoms with Gasteiger partial charge in [0, 0.05) is 50.7 Å². The molecule has 2 heterocycles. The van der Waals surface area contributed by atoms with Crippen molar-refractivity contribution in [2.24, 2.45) is 10.4 Å². The van der Waals surface area contributed by atoms with Crippen molar-refractivity contribution in [3.8, 4) is 0 Å². The highest BCUT2D eigenvalue weighted by atomic mass is 16.5. The van der Waals surface area contributed by atoms with E-state index in [0.717, 1.165) is 45.0 Å². The molecular formula is C21H31N5O2. The quantitative estimate of drug-likeness (QED) is 0.453. The Hall–Kier alpha value is -2.38. The molecule has 0 aliphatic carbocycles. The predicted octanol–water partition coefficient (Wildman–Crippen LogP) is 1.78. The van der Waals surface area contributed by atoms with Crippen molar-refractivity contribution >= 4 is 5.96 Å². The second-order valence-electron chi connectivity index (χ2n) is 7.38. The summed E-state index contributed by atoms with van der Waals surface area (Å²) < 4.78 is 7.63. The number of aromatic nitrogens is 2. The van der Waals surface area contributed by atoms with Crippen molar-refractivity contribution < 1.29 is 9.84 Å². The van der Waals surface area contributed by atoms with E-state index in [2.05, 4.69) is 51.4 Å². The summed E-state index contributed by atoms with van der Waals surface area (Å²) in [5, 5.41) is 16.2. The van der Waals surface area contributed by atoms with Crippen molar-refractivity contribution in [1.82, 2.24) is 20.2 Å². The number of aliphatic imine (C=N–C) groups is 1. The van der Waals surface area contributed by atoms with Crippen LogP contribution in [0, 0.1) is 5.41 Å². The van der Waals surface area contributed by atoms with E-state index in [4.69, 9.17) is 9.73 Å². The van der Waals surface area contributed by atoms with Crippen LogP contribution >= 0.6 is 0 Å². The first-order valence-corrected chi connectivity index (χ1v) is 9.97. The molecule has 2 aromatic rings. The maximum atomic E-state index is 9.40. The molecule has 3 rings (SSSR count). The summed E-state index contributed by atoms with van der Waals surface area (Å²) in [5.41, 5.74) is 2.40. The van der Waals surface area contributed by atoms with Crippen LogP contribution < -0.4 is 10.6 Å². The lowest BCUT2D eigenvalue weighted by Gasteiger charge is -2.27. The summed E-state index contributed by atoms with van der Waals surface area (Å²) in [5.74, 6) is 0.798. The predicted molar refractivity (Wildman–Crippen MR) is 110 cm³/mol. The van der Waals surface area contributed by atoms with Crippen LogP contribution in [0.3, 0.4) is 0 Å². The van der Waals surface area contributed by atoms with E-state index in [1.807, 2.05) is 12.5 Å². The number of aliphatic hydroxyl groups excluding tert-OH is 1. The number of benzene rings is 1. The number of rotatable bonds is 9. The molecule has 1 atom stereocenters. The number of hydrogen-bond donors (Lipinski definition) is 3. The molecule has 28 heavy (non-hydrogen) atoms. The highest BCUT2D eigenvalue weighted by molar-refractivity contribution is 5.79. The van der Waals surface area contributed by atoms with E-state index in [9.17, 15) is 5.11 Å². The maximum absolute atomic E-state index is 9.40. The van der Waals surface area contributed by atoms with Crippen LogP contribution in [0.1, 0.15) is 30.9 Å². The Labute approximate surface area is 166 Å². The van der Waals surface area contributed by atoms with Gasteiger partial charge < -0.3 is 25.0 Å². The molecule has 1 fully saturated rings. The molecule has 1 aromatic heterocycles. The molecular weight excluding hydrogens is 354 g/mol. The summed E-state index contributed by atoms with van der Waals surface area (Å²) in [4.78, 5) is 8.84. The van der Waals surface area contributed by atoms with E-state index in [1.54, 1.807) is 6.20 Å². The zero-order valence-corrected chi connectivity index (χ0v) is 16.6. The van der Waals surface area contributed by atoms with Crippen LogP contribution in [-0.2, 0) is 17.8 Å². The van der Waals surface area contributed by atoms with Crippen molar-refractivity contribution in [3.63, 3.8) is 0 Å². The van der Waals surface area contributed by atoms with E-state index in [1.165, 1.54) is 11.1 Å². The first-order chi connectivity index (χ1) is 13.7. The fourth-order valence-corrected chi connectivity index (χ4v) is 3.51. The number of nitrogens with one attached hydrogen (secondary N) is 2. The minimum atomic E-state index is -0.00431. The van der Waals surface area contributed by atoms with E-state index in [-0.39, 0.29) is 12.0 Å². The molecule has 0 radical (unpaired) electrons. The third kappa shape index (κ3) is 5.81. The summed E-state index contributed by atoms with van der Waals surface area (Å²) in [6.45, 7) is 6.66. The lowest BCUT2D eigenvalue weighted by atomic mass is 9.84. The Morgan fingerprint density at radius 3 is 2.96 bits per heavy atom. The third-order valence-electron chi connectivity index (χ3n) is 5.14. The highest BCUT2D eigenvalue weighted by Crippen LogP contribution is 2.31. The largest absolute Gasteiger partial charge is 0.396 e. The lowest BCUT2D eigenvalue weighted by Crippen LogP contribution is -2.44. The summed E-state index contributed by atoms with van der Waals surface area (Å²) in [6.07, 6.45) is 7.30. The lowest BCUT2D eigenvalue weighted by molar-refractivity contribution is 0.127. The van der Waals surface area contributed by atoms with Gasteiger partial charge in [0.25, 0.3) is 0 Å². The smallest absolute Gasteiger partial charge is 0.191 e. The first-order valence-electron chi connectivity index (χ1n) is 9.97. The van der Waals surface area contributed by atoms with Gasteiger partial charge in [-0.2, -0.15) is 0 Å². The number of aliphatic hydroxyl groups is 1. The topological polar surface area (TPSA) is 83.7 Å². The Kier molecular flexibility index (Phi) is 7.45. The molecule has 152 valence electrons. The van der Waals surface area contributed by atoms with E-state index >= 15 is 0 Å². The van der Waals surface area contributed by atoms with Gasteiger partial charge in [0.1, 0.15) is 0 Å². The molecule has 1 aromatic carbocycles. The maximum Gasteiger partial charge on any atom is 0.191 e. The Balaban J connectivity index is 1.60. The second kappa shape index (κ2) is 10.2. The Bertz CT molecular complexity index is 739. The van der Waals surface area contributed by atoms with Crippen LogP contribution in [0.15, 0.2) is 48.0 Å². The molecule has 1 aliphatic rings. The van der Waals surface area contributed by atoms with Gasteiger partial charge in [0.2, 0.25) is 0 Å².